The molecule has 32 heavy (non-hydrogen) atoms. The van der Waals surface area contributed by atoms with Crippen molar-refractivity contribution in [3.63, 3.8) is 0 Å². The average Bonchev–Trinajstić information content (AvgIpc) is 2.74. The molecule has 1 N–H and O–H groups in total. The lowest BCUT2D eigenvalue weighted by Gasteiger charge is -2.32. The van der Waals surface area contributed by atoms with Crippen LogP contribution in [0.2, 0.25) is 0 Å². The van der Waals surface area contributed by atoms with Gasteiger partial charge in [0.25, 0.3) is 0 Å². The number of piperidine rings is 1. The molecule has 0 bridgehead atoms. The van der Waals surface area contributed by atoms with Crippen LogP contribution in [0.3, 0.4) is 0 Å². The molecule has 3 aromatic rings. The minimum absolute atomic E-state index is 0.141. The molecule has 0 radical (unpaired) electrons. The second-order valence-corrected chi connectivity index (χ2v) is 9.23. The normalized spacial score (nSPS) is 15.4. The molecule has 0 amide bonds. The lowest BCUT2D eigenvalue weighted by Crippen LogP contribution is -2.38. The van der Waals surface area contributed by atoms with Gasteiger partial charge in [-0.15, -0.1) is 0 Å². The third-order valence-electron chi connectivity index (χ3n) is 5.63. The molecule has 1 aliphatic heterocycles. The second-order valence-electron chi connectivity index (χ2n) is 9.23. The monoisotopic (exact) mass is 433 g/mol. The van der Waals surface area contributed by atoms with E-state index in [0.29, 0.717) is 6.04 Å². The van der Waals surface area contributed by atoms with E-state index in [2.05, 4.69) is 80.4 Å². The van der Waals surface area contributed by atoms with Crippen molar-refractivity contribution in [2.45, 2.75) is 65.3 Å². The van der Waals surface area contributed by atoms with Crippen LogP contribution in [0, 0.1) is 0 Å². The van der Waals surface area contributed by atoms with E-state index in [1.807, 2.05) is 12.1 Å². The summed E-state index contributed by atoms with van der Waals surface area (Å²) in [6, 6.07) is 19.2. The highest BCUT2D eigenvalue weighted by atomic mass is 16.5. The molecule has 0 spiro atoms. The first-order chi connectivity index (χ1) is 15.4. The highest BCUT2D eigenvalue weighted by Crippen LogP contribution is 2.27. The molecule has 4 rings (SSSR count). The summed E-state index contributed by atoms with van der Waals surface area (Å²) in [5.74, 6) is 2.73. The third-order valence-corrected chi connectivity index (χ3v) is 5.63. The van der Waals surface area contributed by atoms with Crippen LogP contribution >= 0.6 is 0 Å². The zero-order valence-electron chi connectivity index (χ0n) is 19.7. The zero-order valence-corrected chi connectivity index (χ0v) is 19.7. The Kier molecular flexibility index (Phi) is 7.15. The van der Waals surface area contributed by atoms with Gasteiger partial charge in [0.05, 0.1) is 17.7 Å². The van der Waals surface area contributed by atoms with Crippen LogP contribution in [0.5, 0.6) is 11.5 Å². The van der Waals surface area contributed by atoms with E-state index in [1.165, 1.54) is 10.9 Å². The molecule has 1 aromatic heterocycles. The van der Waals surface area contributed by atoms with Gasteiger partial charge >= 0.3 is 0 Å². The maximum atomic E-state index is 5.96. The average molecular weight is 434 g/mol. The number of ether oxygens (including phenoxy) is 2. The molecule has 0 unspecified atom stereocenters. The van der Waals surface area contributed by atoms with E-state index in [-0.39, 0.29) is 12.2 Å². The Bertz CT molecular complexity index is 998. The van der Waals surface area contributed by atoms with Gasteiger partial charge in [-0.3, -0.25) is 4.90 Å². The number of aromatic nitrogens is 1. The van der Waals surface area contributed by atoms with Crippen molar-refractivity contribution in [1.29, 1.82) is 0 Å². The minimum Gasteiger partial charge on any atom is -0.491 e. The molecule has 1 fully saturated rings. The number of hydrogen-bond donors (Lipinski definition) is 1. The smallest absolute Gasteiger partial charge is 0.126 e. The molecular weight excluding hydrogens is 398 g/mol. The molecule has 1 aliphatic rings. The number of rotatable bonds is 8. The van der Waals surface area contributed by atoms with Crippen LogP contribution in [0.1, 0.15) is 46.1 Å². The van der Waals surface area contributed by atoms with E-state index in [0.717, 1.165) is 55.3 Å². The van der Waals surface area contributed by atoms with Gasteiger partial charge in [-0.1, -0.05) is 18.2 Å². The van der Waals surface area contributed by atoms with Gasteiger partial charge in [0.2, 0.25) is 0 Å². The molecule has 0 atom stereocenters. The van der Waals surface area contributed by atoms with E-state index >= 15 is 0 Å². The van der Waals surface area contributed by atoms with Gasteiger partial charge in [0.1, 0.15) is 17.3 Å². The van der Waals surface area contributed by atoms with Crippen molar-refractivity contribution in [3.05, 3.63) is 60.2 Å². The summed E-state index contributed by atoms with van der Waals surface area (Å²) in [6.45, 7) is 11.2. The molecular formula is C27H35N3O2. The topological polar surface area (TPSA) is 46.6 Å². The molecule has 1 saturated heterocycles. The maximum Gasteiger partial charge on any atom is 0.126 e. The third kappa shape index (κ3) is 6.13. The predicted molar refractivity (Wildman–Crippen MR) is 132 cm³/mol. The number of pyridine rings is 1. The molecule has 0 saturated carbocycles. The second kappa shape index (κ2) is 10.2. The highest BCUT2D eigenvalue weighted by molar-refractivity contribution is 5.80. The number of para-hydroxylation sites is 1. The predicted octanol–water partition coefficient (Wildman–Crippen LogP) is 5.89. The van der Waals surface area contributed by atoms with Crippen LogP contribution in [-0.2, 0) is 6.54 Å². The minimum atomic E-state index is 0.141. The molecule has 170 valence electrons. The summed E-state index contributed by atoms with van der Waals surface area (Å²) in [4.78, 5) is 7.28. The van der Waals surface area contributed by atoms with Crippen molar-refractivity contribution < 1.29 is 9.47 Å². The Labute approximate surface area is 191 Å². The summed E-state index contributed by atoms with van der Waals surface area (Å²) in [7, 11) is 0. The van der Waals surface area contributed by atoms with Crippen LogP contribution in [-0.4, -0.2) is 41.2 Å². The first-order valence-electron chi connectivity index (χ1n) is 11.8. The summed E-state index contributed by atoms with van der Waals surface area (Å²) in [5, 5.41) is 4.82. The van der Waals surface area contributed by atoms with Crippen LogP contribution in [0.15, 0.2) is 54.6 Å². The Morgan fingerprint density at radius 3 is 2.22 bits per heavy atom. The van der Waals surface area contributed by atoms with Gasteiger partial charge in [-0.25, -0.2) is 4.98 Å². The van der Waals surface area contributed by atoms with Gasteiger partial charge in [-0.2, -0.15) is 0 Å². The van der Waals surface area contributed by atoms with Crippen molar-refractivity contribution in [2.75, 3.05) is 18.4 Å². The van der Waals surface area contributed by atoms with Crippen LogP contribution in [0.25, 0.3) is 10.9 Å². The number of fused-ring (bicyclic) bond motifs is 1. The van der Waals surface area contributed by atoms with Gasteiger partial charge in [0, 0.05) is 37.1 Å². The van der Waals surface area contributed by atoms with Crippen molar-refractivity contribution >= 4 is 16.7 Å². The fourth-order valence-electron chi connectivity index (χ4n) is 4.25. The Hall–Kier alpha value is -2.79. The maximum absolute atomic E-state index is 5.96. The van der Waals surface area contributed by atoms with E-state index < -0.39 is 0 Å². The van der Waals surface area contributed by atoms with Gasteiger partial charge in [0.15, 0.2) is 0 Å². The van der Waals surface area contributed by atoms with Gasteiger partial charge in [-0.05, 0) is 76.4 Å². The number of nitrogens with zero attached hydrogens (tertiary/aromatic N) is 2. The number of hydrogen-bond acceptors (Lipinski definition) is 5. The summed E-state index contributed by atoms with van der Waals surface area (Å²) >= 11 is 0. The molecule has 2 heterocycles. The van der Waals surface area contributed by atoms with Crippen molar-refractivity contribution in [3.8, 4) is 11.5 Å². The van der Waals surface area contributed by atoms with Gasteiger partial charge < -0.3 is 14.8 Å². The quantitative estimate of drug-likeness (QED) is 0.480. The number of benzene rings is 2. The van der Waals surface area contributed by atoms with Crippen molar-refractivity contribution in [1.82, 2.24) is 9.88 Å². The number of nitrogens with one attached hydrogen (secondary N) is 1. The fraction of sp³-hybridized carbons (Fsp3) is 0.444. The molecule has 5 heteroatoms. The van der Waals surface area contributed by atoms with Crippen molar-refractivity contribution in [2.24, 2.45) is 0 Å². The SMILES string of the molecule is CC(C)Oc1cc(CN2CCC(Nc3ccc4ccccc4n3)CC2)cc(OC(C)C)c1. The lowest BCUT2D eigenvalue weighted by atomic mass is 10.0. The Morgan fingerprint density at radius 2 is 1.56 bits per heavy atom. The number of anilines is 1. The molecule has 0 aliphatic carbocycles. The largest absolute Gasteiger partial charge is 0.491 e. The molecule has 2 aromatic carbocycles. The standard InChI is InChI=1S/C27H35N3O2/c1-19(2)31-24-15-21(16-25(17-24)32-20(3)4)18-30-13-11-23(12-14-30)28-27-10-9-22-7-5-6-8-26(22)29-27/h5-10,15-17,19-20,23H,11-14,18H2,1-4H3,(H,28,29). The van der Waals surface area contributed by atoms with E-state index in [4.69, 9.17) is 14.5 Å². The lowest BCUT2D eigenvalue weighted by molar-refractivity contribution is 0.207. The highest BCUT2D eigenvalue weighted by Gasteiger charge is 2.20. The van der Waals surface area contributed by atoms with Crippen LogP contribution < -0.4 is 14.8 Å². The Morgan fingerprint density at radius 1 is 0.906 bits per heavy atom. The first-order valence-corrected chi connectivity index (χ1v) is 11.8. The summed E-state index contributed by atoms with van der Waals surface area (Å²) < 4.78 is 11.9. The zero-order chi connectivity index (χ0) is 22.5. The molecule has 5 nitrogen and oxygen atoms in total. The fourth-order valence-corrected chi connectivity index (χ4v) is 4.25. The summed E-state index contributed by atoms with van der Waals surface area (Å²) in [5.41, 5.74) is 2.28. The number of likely N-dealkylation sites (tertiary alicyclic amines) is 1. The van der Waals surface area contributed by atoms with E-state index in [9.17, 15) is 0 Å². The Balaban J connectivity index is 1.35. The first kappa shape index (κ1) is 22.4. The summed E-state index contributed by atoms with van der Waals surface area (Å²) in [6.07, 6.45) is 2.49. The van der Waals surface area contributed by atoms with E-state index in [1.54, 1.807) is 0 Å². The van der Waals surface area contributed by atoms with Crippen LogP contribution in [0.4, 0.5) is 5.82 Å².